The first-order valence-corrected chi connectivity index (χ1v) is 9.42. The number of ether oxygens (including phenoxy) is 1. The Morgan fingerprint density at radius 1 is 0.963 bits per heavy atom. The highest BCUT2D eigenvalue weighted by molar-refractivity contribution is 5.82. The molecule has 1 saturated heterocycles. The van der Waals surface area contributed by atoms with Crippen LogP contribution in [0.5, 0.6) is 0 Å². The van der Waals surface area contributed by atoms with Crippen molar-refractivity contribution in [1.29, 1.82) is 0 Å². The molecule has 0 spiro atoms. The lowest BCUT2D eigenvalue weighted by Crippen LogP contribution is -2.36. The summed E-state index contributed by atoms with van der Waals surface area (Å²) in [5, 5.41) is 0. The SMILES string of the molecule is C1CC1.Nc1nc2ccc(-c3ccc(N4CCOCC4)cc3)cn2c1C=O. The number of benzene rings is 1. The Morgan fingerprint density at radius 3 is 2.26 bits per heavy atom. The van der Waals surface area contributed by atoms with Crippen molar-refractivity contribution in [1.82, 2.24) is 9.38 Å². The largest absolute Gasteiger partial charge is 0.382 e. The summed E-state index contributed by atoms with van der Waals surface area (Å²) in [6.45, 7) is 3.38. The maximum Gasteiger partial charge on any atom is 0.170 e. The molecule has 0 radical (unpaired) electrons. The predicted molar refractivity (Wildman–Crippen MR) is 107 cm³/mol. The molecule has 1 aromatic carbocycles. The number of carbonyl (C=O) groups is 1. The number of imidazole rings is 1. The van der Waals surface area contributed by atoms with Crippen LogP contribution in [0.4, 0.5) is 11.5 Å². The Hall–Kier alpha value is -2.86. The van der Waals surface area contributed by atoms with Gasteiger partial charge in [0.1, 0.15) is 11.3 Å². The normalized spacial score (nSPS) is 15.9. The molecule has 6 nitrogen and oxygen atoms in total. The van der Waals surface area contributed by atoms with Crippen molar-refractivity contribution in [3.05, 3.63) is 48.3 Å². The van der Waals surface area contributed by atoms with Gasteiger partial charge in [-0.25, -0.2) is 4.98 Å². The van der Waals surface area contributed by atoms with E-state index in [2.05, 4.69) is 34.1 Å². The minimum Gasteiger partial charge on any atom is -0.382 e. The van der Waals surface area contributed by atoms with Crippen molar-refractivity contribution in [3.8, 4) is 11.1 Å². The van der Waals surface area contributed by atoms with E-state index in [0.717, 1.165) is 43.7 Å². The molecular formula is C21H24N4O2. The number of morpholine rings is 1. The maximum absolute atomic E-state index is 11.2. The van der Waals surface area contributed by atoms with Gasteiger partial charge in [0.15, 0.2) is 12.1 Å². The number of nitrogens with zero attached hydrogens (tertiary/aromatic N) is 3. The molecule has 0 bridgehead atoms. The number of hydrogen-bond donors (Lipinski definition) is 1. The molecule has 5 rings (SSSR count). The zero-order valence-electron chi connectivity index (χ0n) is 15.3. The fourth-order valence-corrected chi connectivity index (χ4v) is 3.06. The third-order valence-corrected chi connectivity index (χ3v) is 4.73. The molecular weight excluding hydrogens is 340 g/mol. The molecule has 0 unspecified atom stereocenters. The summed E-state index contributed by atoms with van der Waals surface area (Å²) < 4.78 is 7.12. The highest BCUT2D eigenvalue weighted by Gasteiger charge is 2.12. The fraction of sp³-hybridized carbons (Fsp3) is 0.333. The quantitative estimate of drug-likeness (QED) is 0.721. The molecule has 1 aliphatic heterocycles. The molecule has 2 fully saturated rings. The van der Waals surface area contributed by atoms with Crippen LogP contribution in [-0.2, 0) is 4.74 Å². The van der Waals surface area contributed by atoms with Gasteiger partial charge in [0.05, 0.1) is 13.2 Å². The number of anilines is 2. The first-order chi connectivity index (χ1) is 13.3. The monoisotopic (exact) mass is 364 g/mol. The second-order valence-electron chi connectivity index (χ2n) is 6.85. The molecule has 140 valence electrons. The van der Waals surface area contributed by atoms with Gasteiger partial charge < -0.3 is 15.4 Å². The first kappa shape index (κ1) is 17.5. The molecule has 0 atom stereocenters. The second-order valence-corrected chi connectivity index (χ2v) is 6.85. The molecule has 3 heterocycles. The van der Waals surface area contributed by atoms with Crippen LogP contribution >= 0.6 is 0 Å². The summed E-state index contributed by atoms with van der Waals surface area (Å²) in [7, 11) is 0. The Kier molecular flexibility index (Phi) is 5.07. The fourth-order valence-electron chi connectivity index (χ4n) is 3.06. The molecule has 27 heavy (non-hydrogen) atoms. The molecule has 2 N–H and O–H groups in total. The molecule has 6 heteroatoms. The molecule has 1 saturated carbocycles. The minimum absolute atomic E-state index is 0.254. The number of aromatic nitrogens is 2. The number of rotatable bonds is 3. The van der Waals surface area contributed by atoms with Gasteiger partial charge in [-0.2, -0.15) is 0 Å². The average molecular weight is 364 g/mol. The van der Waals surface area contributed by atoms with E-state index >= 15 is 0 Å². The van der Waals surface area contributed by atoms with Crippen molar-refractivity contribution < 1.29 is 9.53 Å². The molecule has 3 aromatic rings. The lowest BCUT2D eigenvalue weighted by Gasteiger charge is -2.28. The third-order valence-electron chi connectivity index (χ3n) is 4.73. The molecule has 0 amide bonds. The average Bonchev–Trinajstić information content (AvgIpc) is 3.57. The van der Waals surface area contributed by atoms with E-state index in [0.29, 0.717) is 11.3 Å². The molecule has 2 aromatic heterocycles. The van der Waals surface area contributed by atoms with Crippen LogP contribution in [0.2, 0.25) is 0 Å². The lowest BCUT2D eigenvalue weighted by atomic mass is 10.1. The maximum atomic E-state index is 11.2. The van der Waals surface area contributed by atoms with Crippen molar-refractivity contribution in [3.63, 3.8) is 0 Å². The minimum atomic E-state index is 0.254. The second kappa shape index (κ2) is 7.80. The first-order valence-electron chi connectivity index (χ1n) is 9.42. The van der Waals surface area contributed by atoms with E-state index in [1.54, 1.807) is 4.40 Å². The summed E-state index contributed by atoms with van der Waals surface area (Å²) in [4.78, 5) is 17.7. The van der Waals surface area contributed by atoms with E-state index in [9.17, 15) is 4.79 Å². The highest BCUT2D eigenvalue weighted by Crippen LogP contribution is 2.25. The van der Waals surface area contributed by atoms with Gasteiger partial charge >= 0.3 is 0 Å². The van der Waals surface area contributed by atoms with Crippen LogP contribution in [0.3, 0.4) is 0 Å². The Morgan fingerprint density at radius 2 is 1.63 bits per heavy atom. The Balaban J connectivity index is 0.000000547. The number of hydrogen-bond acceptors (Lipinski definition) is 5. The summed E-state index contributed by atoms with van der Waals surface area (Å²) >= 11 is 0. The van der Waals surface area contributed by atoms with Gasteiger partial charge in [0.25, 0.3) is 0 Å². The number of nitrogens with two attached hydrogens (primary N) is 1. The van der Waals surface area contributed by atoms with Gasteiger partial charge in [0.2, 0.25) is 0 Å². The number of nitrogen functional groups attached to an aromatic ring is 1. The van der Waals surface area contributed by atoms with Crippen LogP contribution in [0, 0.1) is 0 Å². The summed E-state index contributed by atoms with van der Waals surface area (Å²) in [6.07, 6.45) is 7.13. The zero-order chi connectivity index (χ0) is 18.6. The van der Waals surface area contributed by atoms with E-state index in [1.165, 1.54) is 24.9 Å². The van der Waals surface area contributed by atoms with Crippen LogP contribution in [0.25, 0.3) is 16.8 Å². The number of carbonyl (C=O) groups excluding carboxylic acids is 1. The number of aldehydes is 1. The van der Waals surface area contributed by atoms with Crippen LogP contribution < -0.4 is 10.6 Å². The smallest absolute Gasteiger partial charge is 0.170 e. The molecule has 2 aliphatic rings. The van der Waals surface area contributed by atoms with Crippen LogP contribution in [-0.4, -0.2) is 42.0 Å². The van der Waals surface area contributed by atoms with Crippen molar-refractivity contribution in [2.45, 2.75) is 19.3 Å². The van der Waals surface area contributed by atoms with Crippen molar-refractivity contribution >= 4 is 23.4 Å². The van der Waals surface area contributed by atoms with E-state index in [4.69, 9.17) is 10.5 Å². The topological polar surface area (TPSA) is 72.9 Å². The van der Waals surface area contributed by atoms with Crippen LogP contribution in [0.1, 0.15) is 29.8 Å². The van der Waals surface area contributed by atoms with Gasteiger partial charge in [-0.1, -0.05) is 31.4 Å². The Labute approximate surface area is 158 Å². The highest BCUT2D eigenvalue weighted by atomic mass is 16.5. The van der Waals surface area contributed by atoms with Gasteiger partial charge in [-0.3, -0.25) is 9.20 Å². The standard InChI is InChI=1S/C18H18N4O2.C3H6/c19-18-16(12-23)22-11-14(3-6-17(22)20-18)13-1-4-15(5-2-13)21-7-9-24-10-8-21;1-2-3-1/h1-6,11-12H,7-10,19H2;1-3H2. The van der Waals surface area contributed by atoms with Crippen LogP contribution in [0.15, 0.2) is 42.6 Å². The van der Waals surface area contributed by atoms with E-state index < -0.39 is 0 Å². The van der Waals surface area contributed by atoms with Gasteiger partial charge in [-0.15, -0.1) is 0 Å². The van der Waals surface area contributed by atoms with Gasteiger partial charge in [0, 0.05) is 25.0 Å². The van der Waals surface area contributed by atoms with Crippen molar-refractivity contribution in [2.24, 2.45) is 0 Å². The lowest BCUT2D eigenvalue weighted by molar-refractivity contribution is 0.111. The molecule has 1 aliphatic carbocycles. The summed E-state index contributed by atoms with van der Waals surface area (Å²) in [5.74, 6) is 0.254. The van der Waals surface area contributed by atoms with E-state index in [-0.39, 0.29) is 5.82 Å². The zero-order valence-corrected chi connectivity index (χ0v) is 15.3. The van der Waals surface area contributed by atoms with E-state index in [1.807, 2.05) is 18.3 Å². The number of fused-ring (bicyclic) bond motifs is 1. The third kappa shape index (κ3) is 3.95. The summed E-state index contributed by atoms with van der Waals surface area (Å²) in [6, 6.07) is 12.3. The number of pyridine rings is 1. The summed E-state index contributed by atoms with van der Waals surface area (Å²) in [5.41, 5.74) is 10.1. The predicted octanol–water partition coefficient (Wildman–Crippen LogP) is 3.40. The van der Waals surface area contributed by atoms with Crippen molar-refractivity contribution in [2.75, 3.05) is 36.9 Å². The van der Waals surface area contributed by atoms with Gasteiger partial charge in [-0.05, 0) is 35.4 Å². The Bertz CT molecular complexity index is 922.